The third kappa shape index (κ3) is 3.93. The molecule has 0 heterocycles. The van der Waals surface area contributed by atoms with Gasteiger partial charge < -0.3 is 4.74 Å². The summed E-state index contributed by atoms with van der Waals surface area (Å²) >= 11 is 0. The highest BCUT2D eigenvalue weighted by Crippen LogP contribution is 2.43. The molecule has 0 amide bonds. The van der Waals surface area contributed by atoms with Crippen molar-refractivity contribution in [3.05, 3.63) is 66.2 Å². The zero-order chi connectivity index (χ0) is 17.7. The van der Waals surface area contributed by atoms with E-state index in [-0.39, 0.29) is 23.8 Å². The first-order chi connectivity index (χ1) is 12.1. The molecule has 1 aliphatic rings. The fourth-order valence-corrected chi connectivity index (χ4v) is 3.95. The Labute approximate surface area is 150 Å². The van der Waals surface area contributed by atoms with Gasteiger partial charge in [-0.3, -0.25) is 9.69 Å². The average molecular weight is 337 g/mol. The summed E-state index contributed by atoms with van der Waals surface area (Å²) in [6.45, 7) is 0.176. The van der Waals surface area contributed by atoms with E-state index >= 15 is 0 Å². The summed E-state index contributed by atoms with van der Waals surface area (Å²) in [6.07, 6.45) is 3.85. The van der Waals surface area contributed by atoms with E-state index in [2.05, 4.69) is 49.3 Å². The van der Waals surface area contributed by atoms with E-state index in [4.69, 9.17) is 4.74 Å². The predicted molar refractivity (Wildman–Crippen MR) is 101 cm³/mol. The van der Waals surface area contributed by atoms with Crippen LogP contribution in [0.2, 0.25) is 0 Å². The summed E-state index contributed by atoms with van der Waals surface area (Å²) in [6, 6.07) is 20.3. The lowest BCUT2D eigenvalue weighted by molar-refractivity contribution is -0.126. The molecule has 1 fully saturated rings. The van der Waals surface area contributed by atoms with E-state index in [1.807, 2.05) is 30.3 Å². The van der Waals surface area contributed by atoms with Crippen LogP contribution >= 0.6 is 0 Å². The molecule has 0 spiro atoms. The predicted octanol–water partition coefficient (Wildman–Crippen LogP) is 4.28. The van der Waals surface area contributed by atoms with E-state index in [9.17, 15) is 4.79 Å². The summed E-state index contributed by atoms with van der Waals surface area (Å²) in [5.41, 5.74) is 1.39. The van der Waals surface area contributed by atoms with Gasteiger partial charge in [-0.1, -0.05) is 48.5 Å². The van der Waals surface area contributed by atoms with Crippen LogP contribution in [-0.4, -0.2) is 31.4 Å². The molecule has 1 saturated carbocycles. The maximum absolute atomic E-state index is 12.6. The van der Waals surface area contributed by atoms with Gasteiger partial charge in [-0.2, -0.15) is 0 Å². The van der Waals surface area contributed by atoms with Crippen LogP contribution in [0.15, 0.2) is 60.7 Å². The minimum atomic E-state index is 0.0400. The van der Waals surface area contributed by atoms with E-state index in [0.717, 1.165) is 31.4 Å². The highest BCUT2D eigenvalue weighted by atomic mass is 16.5. The molecule has 0 N–H and O–H groups in total. The third-order valence-corrected chi connectivity index (χ3v) is 5.56. The SMILES string of the molecule is CN(C)C1(c2ccccc2)CCC(C(=O)COc2ccccc2)CC1. The molecule has 0 aromatic heterocycles. The lowest BCUT2D eigenvalue weighted by Crippen LogP contribution is -2.45. The molecular formula is C22H27NO2. The molecule has 0 saturated heterocycles. The van der Waals surface area contributed by atoms with Crippen molar-refractivity contribution in [2.75, 3.05) is 20.7 Å². The number of para-hydroxylation sites is 1. The van der Waals surface area contributed by atoms with Gasteiger partial charge in [0.05, 0.1) is 0 Å². The molecule has 3 nitrogen and oxygen atoms in total. The number of benzene rings is 2. The Morgan fingerprint density at radius 3 is 2.12 bits per heavy atom. The van der Waals surface area contributed by atoms with Gasteiger partial charge in [0.25, 0.3) is 0 Å². The number of ketones is 1. The van der Waals surface area contributed by atoms with E-state index in [1.165, 1.54) is 5.56 Å². The minimum Gasteiger partial charge on any atom is -0.486 e. The van der Waals surface area contributed by atoms with E-state index in [0.29, 0.717) is 0 Å². The van der Waals surface area contributed by atoms with Gasteiger partial charge in [-0.25, -0.2) is 0 Å². The van der Waals surface area contributed by atoms with Crippen molar-refractivity contribution in [3.63, 3.8) is 0 Å². The molecule has 0 radical (unpaired) electrons. The van der Waals surface area contributed by atoms with Crippen LogP contribution < -0.4 is 4.74 Å². The summed E-state index contributed by atoms with van der Waals surface area (Å²) in [7, 11) is 4.29. The number of ether oxygens (including phenoxy) is 1. The van der Waals surface area contributed by atoms with Crippen LogP contribution in [0.5, 0.6) is 5.75 Å². The number of rotatable bonds is 6. The lowest BCUT2D eigenvalue weighted by Gasteiger charge is -2.45. The zero-order valence-corrected chi connectivity index (χ0v) is 15.2. The van der Waals surface area contributed by atoms with Gasteiger partial charge in [-0.15, -0.1) is 0 Å². The van der Waals surface area contributed by atoms with Crippen LogP contribution in [0.4, 0.5) is 0 Å². The van der Waals surface area contributed by atoms with Crippen LogP contribution in [0, 0.1) is 5.92 Å². The fourth-order valence-electron chi connectivity index (χ4n) is 3.95. The maximum atomic E-state index is 12.6. The molecule has 0 bridgehead atoms. The molecule has 0 atom stereocenters. The van der Waals surface area contributed by atoms with Gasteiger partial charge in [-0.05, 0) is 57.5 Å². The van der Waals surface area contributed by atoms with Gasteiger partial charge >= 0.3 is 0 Å². The van der Waals surface area contributed by atoms with Crippen molar-refractivity contribution in [1.82, 2.24) is 4.90 Å². The van der Waals surface area contributed by atoms with Crippen molar-refractivity contribution in [2.24, 2.45) is 5.92 Å². The number of hydrogen-bond acceptors (Lipinski definition) is 3. The molecular weight excluding hydrogens is 310 g/mol. The first-order valence-corrected chi connectivity index (χ1v) is 9.05. The Morgan fingerprint density at radius 1 is 1.00 bits per heavy atom. The quantitative estimate of drug-likeness (QED) is 0.788. The summed E-state index contributed by atoms with van der Waals surface area (Å²) in [5.74, 6) is 1.10. The average Bonchev–Trinajstić information content (AvgIpc) is 2.67. The zero-order valence-electron chi connectivity index (χ0n) is 15.2. The van der Waals surface area contributed by atoms with Crippen molar-refractivity contribution in [1.29, 1.82) is 0 Å². The highest BCUT2D eigenvalue weighted by Gasteiger charge is 2.40. The Hall–Kier alpha value is -2.13. The van der Waals surface area contributed by atoms with E-state index < -0.39 is 0 Å². The van der Waals surface area contributed by atoms with Gasteiger partial charge in [0.2, 0.25) is 0 Å². The second-order valence-corrected chi connectivity index (χ2v) is 7.13. The number of carbonyl (C=O) groups excluding carboxylic acids is 1. The van der Waals surface area contributed by atoms with Crippen LogP contribution in [0.3, 0.4) is 0 Å². The molecule has 0 aliphatic heterocycles. The second-order valence-electron chi connectivity index (χ2n) is 7.13. The van der Waals surface area contributed by atoms with Crippen LogP contribution in [0.1, 0.15) is 31.2 Å². The standard InChI is InChI=1S/C22H27NO2/c1-23(2)22(19-9-5-3-6-10-19)15-13-18(14-16-22)21(24)17-25-20-11-7-4-8-12-20/h3-12,18H,13-17H2,1-2H3. The largest absolute Gasteiger partial charge is 0.486 e. The third-order valence-electron chi connectivity index (χ3n) is 5.56. The molecule has 2 aromatic carbocycles. The van der Waals surface area contributed by atoms with Crippen molar-refractivity contribution in [3.8, 4) is 5.75 Å². The monoisotopic (exact) mass is 337 g/mol. The Morgan fingerprint density at radius 2 is 1.56 bits per heavy atom. The molecule has 1 aliphatic carbocycles. The number of Topliss-reactive ketones (excluding diaryl/α,β-unsaturated/α-hetero) is 1. The number of nitrogens with zero attached hydrogens (tertiary/aromatic N) is 1. The summed E-state index contributed by atoms with van der Waals surface area (Å²) in [4.78, 5) is 14.9. The molecule has 25 heavy (non-hydrogen) atoms. The Balaban J connectivity index is 1.61. The summed E-state index contributed by atoms with van der Waals surface area (Å²) < 4.78 is 5.65. The van der Waals surface area contributed by atoms with Gasteiger partial charge in [0, 0.05) is 11.5 Å². The Kier molecular flexibility index (Phi) is 5.54. The lowest BCUT2D eigenvalue weighted by atomic mass is 9.71. The normalized spacial score (nSPS) is 23.4. The first kappa shape index (κ1) is 17.7. The number of carbonyl (C=O) groups is 1. The first-order valence-electron chi connectivity index (χ1n) is 9.05. The summed E-state index contributed by atoms with van der Waals surface area (Å²) in [5, 5.41) is 0. The van der Waals surface area contributed by atoms with Crippen molar-refractivity contribution in [2.45, 2.75) is 31.2 Å². The molecule has 2 aromatic rings. The van der Waals surface area contributed by atoms with E-state index in [1.54, 1.807) is 0 Å². The molecule has 3 rings (SSSR count). The minimum absolute atomic E-state index is 0.0400. The van der Waals surface area contributed by atoms with Gasteiger partial charge in [0.15, 0.2) is 5.78 Å². The van der Waals surface area contributed by atoms with Gasteiger partial charge in [0.1, 0.15) is 12.4 Å². The number of hydrogen-bond donors (Lipinski definition) is 0. The van der Waals surface area contributed by atoms with Crippen molar-refractivity contribution < 1.29 is 9.53 Å². The smallest absolute Gasteiger partial charge is 0.173 e. The topological polar surface area (TPSA) is 29.5 Å². The molecule has 3 heteroatoms. The Bertz CT molecular complexity index is 674. The van der Waals surface area contributed by atoms with Crippen LogP contribution in [-0.2, 0) is 10.3 Å². The maximum Gasteiger partial charge on any atom is 0.173 e. The molecule has 0 unspecified atom stereocenters. The molecule has 132 valence electrons. The highest BCUT2D eigenvalue weighted by molar-refractivity contribution is 5.82. The second kappa shape index (κ2) is 7.83. The van der Waals surface area contributed by atoms with Crippen LogP contribution in [0.25, 0.3) is 0 Å². The van der Waals surface area contributed by atoms with Crippen molar-refractivity contribution >= 4 is 5.78 Å². The fraction of sp³-hybridized carbons (Fsp3) is 0.409.